The second-order valence-electron chi connectivity index (χ2n) is 3.31. The smallest absolute Gasteiger partial charge is 0.159 e. The molecule has 1 aromatic carbocycles. The number of ether oxygens (including phenoxy) is 1. The molecule has 2 rings (SSSR count). The highest BCUT2D eigenvalue weighted by Gasteiger charge is 2.22. The Balaban J connectivity index is 2.57. The molecule has 0 radical (unpaired) electrons. The van der Waals surface area contributed by atoms with E-state index in [9.17, 15) is 4.39 Å². The molecule has 0 bridgehead atoms. The number of nitrogen functional groups attached to an aromatic ring is 1. The quantitative estimate of drug-likeness (QED) is 0.705. The van der Waals surface area contributed by atoms with E-state index in [0.29, 0.717) is 22.5 Å². The Morgan fingerprint density at radius 3 is 3.14 bits per heavy atom. The number of nitrogens with two attached hydrogens (primary N) is 1. The van der Waals surface area contributed by atoms with E-state index in [1.54, 1.807) is 0 Å². The molecular weight excluding hydrogens is 251 g/mol. The van der Waals surface area contributed by atoms with Crippen molar-refractivity contribution in [3.05, 3.63) is 16.4 Å². The van der Waals surface area contributed by atoms with E-state index in [1.807, 2.05) is 6.92 Å². The second kappa shape index (κ2) is 3.31. The Bertz CT molecular complexity index is 384. The molecule has 3 nitrogen and oxygen atoms in total. The maximum Gasteiger partial charge on any atom is 0.159 e. The molecule has 0 fully saturated rings. The highest BCUT2D eigenvalue weighted by atomic mass is 79.9. The predicted octanol–water partition coefficient (Wildman–Crippen LogP) is 2.36. The molecule has 0 saturated heterocycles. The second-order valence-corrected chi connectivity index (χ2v) is 4.17. The first-order valence-corrected chi connectivity index (χ1v) is 5.05. The number of hydrogen-bond donors (Lipinski definition) is 2. The first-order valence-electron chi connectivity index (χ1n) is 4.26. The number of anilines is 2. The summed E-state index contributed by atoms with van der Waals surface area (Å²) in [5.74, 6) is 0.142. The highest BCUT2D eigenvalue weighted by molar-refractivity contribution is 9.10. The van der Waals surface area contributed by atoms with Gasteiger partial charge in [0.25, 0.3) is 0 Å². The lowest BCUT2D eigenvalue weighted by Crippen LogP contribution is -2.29. The maximum atomic E-state index is 13.2. The van der Waals surface area contributed by atoms with Crippen LogP contribution < -0.4 is 15.8 Å². The van der Waals surface area contributed by atoms with Crippen molar-refractivity contribution < 1.29 is 9.13 Å². The van der Waals surface area contributed by atoms with Gasteiger partial charge in [-0.15, -0.1) is 0 Å². The first-order chi connectivity index (χ1) is 6.59. The van der Waals surface area contributed by atoms with Crippen molar-refractivity contribution in [3.8, 4) is 5.75 Å². The van der Waals surface area contributed by atoms with E-state index < -0.39 is 5.82 Å². The van der Waals surface area contributed by atoms with Crippen LogP contribution in [0.1, 0.15) is 6.92 Å². The molecule has 76 valence electrons. The fourth-order valence-corrected chi connectivity index (χ4v) is 1.91. The number of halogens is 2. The van der Waals surface area contributed by atoms with E-state index in [-0.39, 0.29) is 11.7 Å². The third kappa shape index (κ3) is 1.41. The summed E-state index contributed by atoms with van der Waals surface area (Å²) in [5.41, 5.74) is 6.24. The van der Waals surface area contributed by atoms with Crippen LogP contribution in [0.5, 0.6) is 5.75 Å². The SMILES string of the molecule is C[C@H]1COc2c(Br)cc(F)c(N)c2N1. The van der Waals surface area contributed by atoms with Crippen LogP contribution in [0, 0.1) is 5.82 Å². The summed E-state index contributed by atoms with van der Waals surface area (Å²) >= 11 is 3.23. The summed E-state index contributed by atoms with van der Waals surface area (Å²) in [5, 5.41) is 3.09. The van der Waals surface area contributed by atoms with Crippen molar-refractivity contribution >= 4 is 27.3 Å². The summed E-state index contributed by atoms with van der Waals surface area (Å²) in [6.45, 7) is 2.50. The minimum Gasteiger partial charge on any atom is -0.488 e. The lowest BCUT2D eigenvalue weighted by Gasteiger charge is -2.26. The molecule has 1 heterocycles. The van der Waals surface area contributed by atoms with Crippen LogP contribution in [0.2, 0.25) is 0 Å². The van der Waals surface area contributed by atoms with Crippen LogP contribution in [-0.2, 0) is 0 Å². The Morgan fingerprint density at radius 1 is 1.71 bits per heavy atom. The lowest BCUT2D eigenvalue weighted by molar-refractivity contribution is 0.290. The van der Waals surface area contributed by atoms with Gasteiger partial charge in [-0.2, -0.15) is 0 Å². The molecule has 0 amide bonds. The van der Waals surface area contributed by atoms with Gasteiger partial charge >= 0.3 is 0 Å². The minimum absolute atomic E-state index is 0.106. The zero-order valence-electron chi connectivity index (χ0n) is 7.60. The molecule has 3 N–H and O–H groups in total. The summed E-state index contributed by atoms with van der Waals surface area (Å²) in [7, 11) is 0. The summed E-state index contributed by atoms with van der Waals surface area (Å²) in [6, 6.07) is 1.45. The van der Waals surface area contributed by atoms with Crippen LogP contribution in [0.3, 0.4) is 0 Å². The largest absolute Gasteiger partial charge is 0.488 e. The fraction of sp³-hybridized carbons (Fsp3) is 0.333. The van der Waals surface area contributed by atoms with Gasteiger partial charge in [-0.3, -0.25) is 0 Å². The van der Waals surface area contributed by atoms with Crippen molar-refractivity contribution in [2.75, 3.05) is 17.7 Å². The molecule has 1 aliphatic rings. The van der Waals surface area contributed by atoms with Gasteiger partial charge < -0.3 is 15.8 Å². The zero-order chi connectivity index (χ0) is 10.3. The standard InChI is InChI=1S/C9H10BrFN2O/c1-4-3-14-9-5(10)2-6(11)7(12)8(9)13-4/h2,4,13H,3,12H2,1H3/t4-/m0/s1. The van der Waals surface area contributed by atoms with Gasteiger partial charge in [0.1, 0.15) is 18.1 Å². The van der Waals surface area contributed by atoms with Crippen LogP contribution in [0.4, 0.5) is 15.8 Å². The highest BCUT2D eigenvalue weighted by Crippen LogP contribution is 2.41. The number of fused-ring (bicyclic) bond motifs is 1. The van der Waals surface area contributed by atoms with Crippen molar-refractivity contribution in [1.29, 1.82) is 0 Å². The van der Waals surface area contributed by atoms with Gasteiger partial charge in [-0.05, 0) is 28.9 Å². The number of rotatable bonds is 0. The summed E-state index contributed by atoms with van der Waals surface area (Å²) in [6.07, 6.45) is 0. The fourth-order valence-electron chi connectivity index (χ4n) is 1.40. The lowest BCUT2D eigenvalue weighted by atomic mass is 10.2. The van der Waals surface area contributed by atoms with Gasteiger partial charge in [0.15, 0.2) is 5.75 Å². The minimum atomic E-state index is -0.444. The van der Waals surface area contributed by atoms with Gasteiger partial charge in [-0.25, -0.2) is 4.39 Å². The molecule has 0 unspecified atom stereocenters. The van der Waals surface area contributed by atoms with Gasteiger partial charge in [0.2, 0.25) is 0 Å². The topological polar surface area (TPSA) is 47.3 Å². The molecule has 0 aromatic heterocycles. The van der Waals surface area contributed by atoms with Crippen molar-refractivity contribution in [3.63, 3.8) is 0 Å². The van der Waals surface area contributed by atoms with E-state index in [0.717, 1.165) is 0 Å². The molecule has 1 aliphatic heterocycles. The maximum absolute atomic E-state index is 13.2. The van der Waals surface area contributed by atoms with Gasteiger partial charge in [-0.1, -0.05) is 0 Å². The Morgan fingerprint density at radius 2 is 2.43 bits per heavy atom. The van der Waals surface area contributed by atoms with E-state index >= 15 is 0 Å². The van der Waals surface area contributed by atoms with E-state index in [1.165, 1.54) is 6.07 Å². The molecular formula is C9H10BrFN2O. The summed E-state index contributed by atoms with van der Waals surface area (Å²) < 4.78 is 19.3. The van der Waals surface area contributed by atoms with Gasteiger partial charge in [0, 0.05) is 0 Å². The molecule has 0 saturated carbocycles. The average Bonchev–Trinajstić information content (AvgIpc) is 2.14. The normalized spacial score (nSPS) is 19.5. The molecule has 14 heavy (non-hydrogen) atoms. The molecule has 1 aromatic rings. The number of nitrogens with one attached hydrogen (secondary N) is 1. The predicted molar refractivity (Wildman–Crippen MR) is 57.1 cm³/mol. The van der Waals surface area contributed by atoms with Gasteiger partial charge in [0.05, 0.1) is 16.2 Å². The summed E-state index contributed by atoms with van der Waals surface area (Å²) in [4.78, 5) is 0. The van der Waals surface area contributed by atoms with Crippen molar-refractivity contribution in [2.24, 2.45) is 0 Å². The van der Waals surface area contributed by atoms with Crippen LogP contribution in [0.25, 0.3) is 0 Å². The molecule has 0 aliphatic carbocycles. The average molecular weight is 261 g/mol. The Hall–Kier alpha value is -0.970. The Kier molecular flexibility index (Phi) is 2.26. The van der Waals surface area contributed by atoms with E-state index in [4.69, 9.17) is 10.5 Å². The molecule has 5 heteroatoms. The van der Waals surface area contributed by atoms with Crippen molar-refractivity contribution in [2.45, 2.75) is 13.0 Å². The van der Waals surface area contributed by atoms with Crippen LogP contribution in [0.15, 0.2) is 10.5 Å². The Labute approximate surface area is 89.6 Å². The third-order valence-corrected chi connectivity index (χ3v) is 2.68. The monoisotopic (exact) mass is 260 g/mol. The number of benzene rings is 1. The van der Waals surface area contributed by atoms with Crippen LogP contribution in [-0.4, -0.2) is 12.6 Å². The van der Waals surface area contributed by atoms with Crippen LogP contribution >= 0.6 is 15.9 Å². The molecule has 1 atom stereocenters. The van der Waals surface area contributed by atoms with E-state index in [2.05, 4.69) is 21.2 Å². The third-order valence-electron chi connectivity index (χ3n) is 2.09. The first kappa shape index (κ1) is 9.58. The zero-order valence-corrected chi connectivity index (χ0v) is 9.19. The molecule has 0 spiro atoms. The number of hydrogen-bond acceptors (Lipinski definition) is 3. The van der Waals surface area contributed by atoms with Crippen molar-refractivity contribution in [1.82, 2.24) is 0 Å².